The molecule has 2 aliphatic heterocycles. The fourth-order valence-electron chi connectivity index (χ4n) is 3.28. The van der Waals surface area contributed by atoms with Gasteiger partial charge in [-0.1, -0.05) is 12.1 Å². The maximum atomic E-state index is 9.86. The van der Waals surface area contributed by atoms with E-state index in [2.05, 4.69) is 17.1 Å². The summed E-state index contributed by atoms with van der Waals surface area (Å²) >= 11 is 1.49. The predicted molar refractivity (Wildman–Crippen MR) is 108 cm³/mol. The normalized spacial score (nSPS) is 18.6. The van der Waals surface area contributed by atoms with Gasteiger partial charge in [0.05, 0.1) is 25.4 Å². The van der Waals surface area contributed by atoms with Crippen molar-refractivity contribution >= 4 is 17.6 Å². The first-order valence-corrected chi connectivity index (χ1v) is 10.4. The van der Waals surface area contributed by atoms with Gasteiger partial charge in [-0.25, -0.2) is 4.98 Å². The molecule has 2 N–H and O–H groups in total. The summed E-state index contributed by atoms with van der Waals surface area (Å²) in [5, 5.41) is 20.1. The zero-order valence-electron chi connectivity index (χ0n) is 15.8. The highest BCUT2D eigenvalue weighted by atomic mass is 32.2. The summed E-state index contributed by atoms with van der Waals surface area (Å²) in [6.45, 7) is 2.67. The van der Waals surface area contributed by atoms with E-state index >= 15 is 0 Å². The lowest BCUT2D eigenvalue weighted by Gasteiger charge is -2.26. The third kappa shape index (κ3) is 4.15. The van der Waals surface area contributed by atoms with E-state index in [1.54, 1.807) is 0 Å². The Morgan fingerprint density at radius 2 is 1.86 bits per heavy atom. The molecule has 0 saturated carbocycles. The highest BCUT2D eigenvalue weighted by Crippen LogP contribution is 2.37. The second kappa shape index (κ2) is 8.71. The number of hydrogen-bond donors (Lipinski definition) is 1. The van der Waals surface area contributed by atoms with Gasteiger partial charge in [-0.05, 0) is 30.0 Å². The summed E-state index contributed by atoms with van der Waals surface area (Å²) in [4.78, 5) is 4.35. The van der Waals surface area contributed by atoms with Crippen LogP contribution in [0.2, 0.25) is 0 Å². The van der Waals surface area contributed by atoms with Crippen LogP contribution in [-0.4, -0.2) is 43.3 Å². The zero-order chi connectivity index (χ0) is 20.2. The van der Waals surface area contributed by atoms with Crippen LogP contribution < -0.4 is 10.5 Å². The Balaban J connectivity index is 1.66. The van der Waals surface area contributed by atoms with Crippen molar-refractivity contribution < 1.29 is 14.2 Å². The van der Waals surface area contributed by atoms with Crippen molar-refractivity contribution in [1.29, 1.82) is 10.5 Å². The van der Waals surface area contributed by atoms with E-state index in [1.807, 2.05) is 24.3 Å². The van der Waals surface area contributed by atoms with Gasteiger partial charge in [0.1, 0.15) is 40.4 Å². The van der Waals surface area contributed by atoms with Crippen molar-refractivity contribution in [2.24, 2.45) is 5.92 Å². The highest BCUT2D eigenvalue weighted by Gasteiger charge is 2.23. The van der Waals surface area contributed by atoms with Gasteiger partial charge in [-0.15, -0.1) is 11.8 Å². The molecule has 29 heavy (non-hydrogen) atoms. The number of aromatic nitrogens is 1. The van der Waals surface area contributed by atoms with Crippen LogP contribution in [0.1, 0.15) is 17.5 Å². The Morgan fingerprint density at radius 3 is 2.45 bits per heavy atom. The van der Waals surface area contributed by atoms with Gasteiger partial charge in [0.15, 0.2) is 0 Å². The van der Waals surface area contributed by atoms with Gasteiger partial charge in [-0.2, -0.15) is 10.5 Å². The van der Waals surface area contributed by atoms with E-state index in [0.29, 0.717) is 35.3 Å². The molecule has 3 heterocycles. The number of hydrogen-bond acceptors (Lipinski definition) is 8. The first-order valence-electron chi connectivity index (χ1n) is 9.38. The lowest BCUT2D eigenvalue weighted by Crippen LogP contribution is -2.38. The topological polar surface area (TPSA) is 114 Å². The average Bonchev–Trinajstić information content (AvgIpc) is 3.22. The highest BCUT2D eigenvalue weighted by molar-refractivity contribution is 7.99. The molecule has 7 nitrogen and oxygen atoms in total. The molecule has 4 rings (SSSR count). The summed E-state index contributed by atoms with van der Waals surface area (Å²) in [5.41, 5.74) is 7.93. The number of nitriles is 2. The minimum absolute atomic E-state index is 0.0735. The van der Waals surface area contributed by atoms with Crippen LogP contribution in [0.3, 0.4) is 0 Å². The minimum atomic E-state index is 0.0735. The zero-order valence-corrected chi connectivity index (χ0v) is 16.6. The predicted octanol–water partition coefficient (Wildman–Crippen LogP) is 2.98. The van der Waals surface area contributed by atoms with Gasteiger partial charge < -0.3 is 19.9 Å². The van der Waals surface area contributed by atoms with Crippen molar-refractivity contribution in [3.8, 4) is 29.0 Å². The number of thioether (sulfide) groups is 1. The van der Waals surface area contributed by atoms with Crippen molar-refractivity contribution in [1.82, 2.24) is 4.98 Å². The molecule has 1 aromatic heterocycles. The summed E-state index contributed by atoms with van der Waals surface area (Å²) < 4.78 is 16.3. The Labute approximate surface area is 173 Å². The molecule has 2 saturated heterocycles. The van der Waals surface area contributed by atoms with E-state index in [1.165, 1.54) is 11.8 Å². The summed E-state index contributed by atoms with van der Waals surface area (Å²) in [6.07, 6.45) is 1.07. The molecule has 1 aromatic carbocycles. The van der Waals surface area contributed by atoms with Crippen molar-refractivity contribution in [3.05, 3.63) is 35.4 Å². The van der Waals surface area contributed by atoms with E-state index < -0.39 is 0 Å². The molecule has 1 atom stereocenters. The number of anilines is 1. The third-order valence-corrected chi connectivity index (χ3v) is 6.16. The SMILES string of the molecule is N#Cc1c(N)nc(SCC2CCOC2)c(C#N)c1-c1ccc(OC2COC2)cc1. The molecular weight excluding hydrogens is 388 g/mol. The van der Waals surface area contributed by atoms with E-state index in [0.717, 1.165) is 36.7 Å². The quantitative estimate of drug-likeness (QED) is 0.726. The van der Waals surface area contributed by atoms with Gasteiger partial charge in [0.25, 0.3) is 0 Å². The Hall–Kier alpha value is -2.78. The standard InChI is InChI=1S/C21H20N4O3S/c22-7-17-19(14-1-3-15(4-2-14)28-16-10-27-11-16)18(8-23)21(25-20(17)24)29-12-13-5-6-26-9-13/h1-4,13,16H,5-6,9-12H2,(H2,24,25). The molecule has 148 valence electrons. The number of pyridine rings is 1. The monoisotopic (exact) mass is 408 g/mol. The van der Waals surface area contributed by atoms with Crippen molar-refractivity contribution in [2.45, 2.75) is 17.6 Å². The lowest BCUT2D eigenvalue weighted by atomic mass is 9.97. The lowest BCUT2D eigenvalue weighted by molar-refractivity contribution is -0.0796. The molecular formula is C21H20N4O3S. The fourth-order valence-corrected chi connectivity index (χ4v) is 4.39. The molecule has 0 aliphatic carbocycles. The second-order valence-electron chi connectivity index (χ2n) is 6.99. The first kappa shape index (κ1) is 19.5. The van der Waals surface area contributed by atoms with Crippen LogP contribution in [-0.2, 0) is 9.47 Å². The number of nitrogens with two attached hydrogens (primary N) is 1. The molecule has 2 aromatic rings. The van der Waals surface area contributed by atoms with E-state index in [4.69, 9.17) is 19.9 Å². The maximum Gasteiger partial charge on any atom is 0.145 e. The van der Waals surface area contributed by atoms with Crippen LogP contribution in [0.5, 0.6) is 5.75 Å². The Morgan fingerprint density at radius 1 is 1.10 bits per heavy atom. The molecule has 0 radical (unpaired) electrons. The molecule has 0 spiro atoms. The summed E-state index contributed by atoms with van der Waals surface area (Å²) in [5.74, 6) is 2.08. The third-order valence-electron chi connectivity index (χ3n) is 4.95. The number of ether oxygens (including phenoxy) is 3. The van der Waals surface area contributed by atoms with Gasteiger partial charge in [-0.3, -0.25) is 0 Å². The van der Waals surface area contributed by atoms with Crippen molar-refractivity contribution in [3.63, 3.8) is 0 Å². The van der Waals surface area contributed by atoms with Crippen LogP contribution in [0, 0.1) is 28.6 Å². The number of benzene rings is 1. The maximum absolute atomic E-state index is 9.86. The number of rotatable bonds is 6. The van der Waals surface area contributed by atoms with Crippen LogP contribution in [0.15, 0.2) is 29.3 Å². The van der Waals surface area contributed by atoms with Crippen LogP contribution in [0.4, 0.5) is 5.82 Å². The molecule has 2 fully saturated rings. The Bertz CT molecular complexity index is 971. The van der Waals surface area contributed by atoms with E-state index in [-0.39, 0.29) is 17.5 Å². The fraction of sp³-hybridized carbons (Fsp3) is 0.381. The van der Waals surface area contributed by atoms with Gasteiger partial charge in [0, 0.05) is 17.9 Å². The van der Waals surface area contributed by atoms with Gasteiger partial charge in [0.2, 0.25) is 0 Å². The number of nitrogens with zero attached hydrogens (tertiary/aromatic N) is 3. The first-order chi connectivity index (χ1) is 14.2. The van der Waals surface area contributed by atoms with Gasteiger partial charge >= 0.3 is 0 Å². The summed E-state index contributed by atoms with van der Waals surface area (Å²) in [6, 6.07) is 11.7. The van der Waals surface area contributed by atoms with E-state index in [9.17, 15) is 10.5 Å². The van der Waals surface area contributed by atoms with Crippen molar-refractivity contribution in [2.75, 3.05) is 37.9 Å². The van der Waals surface area contributed by atoms with Crippen LogP contribution in [0.25, 0.3) is 11.1 Å². The smallest absolute Gasteiger partial charge is 0.145 e. The molecule has 0 amide bonds. The number of nitrogen functional groups attached to an aromatic ring is 1. The molecule has 0 bridgehead atoms. The van der Waals surface area contributed by atoms with Crippen LogP contribution >= 0.6 is 11.8 Å². The Kier molecular flexibility index (Phi) is 5.86. The minimum Gasteiger partial charge on any atom is -0.486 e. The summed E-state index contributed by atoms with van der Waals surface area (Å²) in [7, 11) is 0. The second-order valence-corrected chi connectivity index (χ2v) is 8.00. The largest absolute Gasteiger partial charge is 0.486 e. The molecule has 1 unspecified atom stereocenters. The average molecular weight is 408 g/mol. The molecule has 2 aliphatic rings. The molecule has 8 heteroatoms.